The fraction of sp³-hybridized carbons (Fsp3) is 0.417. The number of nitrogens with zero attached hydrogens (tertiary/aromatic N) is 4. The third-order valence-electron chi connectivity index (χ3n) is 10.0. The molecule has 12 heteroatoms. The van der Waals surface area contributed by atoms with Crippen molar-refractivity contribution < 1.29 is 22.7 Å². The largest absolute Gasteiger partial charge is 0.497 e. The lowest BCUT2D eigenvalue weighted by Crippen LogP contribution is -2.39. The van der Waals surface area contributed by atoms with Crippen molar-refractivity contribution in [2.45, 2.75) is 69.9 Å². The number of hydrogen-bond donors (Lipinski definition) is 1. The third kappa shape index (κ3) is 5.94. The van der Waals surface area contributed by atoms with Gasteiger partial charge in [0.1, 0.15) is 10.8 Å². The Balaban J connectivity index is 1.41. The molecule has 2 amide bonds. The number of rotatable bonds is 7. The second kappa shape index (κ2) is 13.1. The fourth-order valence-corrected chi connectivity index (χ4v) is 8.91. The van der Waals surface area contributed by atoms with E-state index in [1.807, 2.05) is 34.6 Å². The zero-order valence-electron chi connectivity index (χ0n) is 27.6. The number of carbonyl (C=O) groups excluding carboxylic acids is 2. The summed E-state index contributed by atoms with van der Waals surface area (Å²) in [6, 6.07) is 11.4. The van der Waals surface area contributed by atoms with Gasteiger partial charge in [0.05, 0.1) is 25.4 Å². The predicted molar refractivity (Wildman–Crippen MR) is 188 cm³/mol. The van der Waals surface area contributed by atoms with Crippen molar-refractivity contribution in [2.24, 2.45) is 0 Å². The molecule has 2 fully saturated rings. The lowest BCUT2D eigenvalue weighted by molar-refractivity contribution is -0.131. The minimum absolute atomic E-state index is 0.0245. The van der Waals surface area contributed by atoms with E-state index < -0.39 is 16.1 Å². The summed E-state index contributed by atoms with van der Waals surface area (Å²) in [6.45, 7) is 0.958. The summed E-state index contributed by atoms with van der Waals surface area (Å²) in [4.78, 5) is 34.6. The molecule has 0 bridgehead atoms. The van der Waals surface area contributed by atoms with Gasteiger partial charge in [-0.05, 0) is 85.6 Å². The lowest BCUT2D eigenvalue weighted by Gasteiger charge is -2.35. The fourth-order valence-electron chi connectivity index (χ4n) is 7.59. The number of nitrogens with one attached hydrogen (secondary N) is 1. The van der Waals surface area contributed by atoms with Gasteiger partial charge in [-0.15, -0.1) is 11.3 Å². The first kappa shape index (κ1) is 32.5. The first-order chi connectivity index (χ1) is 23.2. The molecule has 1 saturated heterocycles. The van der Waals surface area contributed by atoms with E-state index in [0.717, 1.165) is 82.0 Å². The quantitative estimate of drug-likeness (QED) is 0.237. The van der Waals surface area contributed by atoms with Crippen LogP contribution in [0.3, 0.4) is 0 Å². The number of hydrogen-bond acceptors (Lipinski definition) is 7. The van der Waals surface area contributed by atoms with Gasteiger partial charge in [0.25, 0.3) is 11.8 Å². The highest BCUT2D eigenvalue weighted by molar-refractivity contribution is 7.87. The van der Waals surface area contributed by atoms with Crippen LogP contribution in [0.1, 0.15) is 89.8 Å². The number of thiazole rings is 1. The van der Waals surface area contributed by atoms with E-state index in [1.54, 1.807) is 36.8 Å². The molecule has 2 aromatic heterocycles. The summed E-state index contributed by atoms with van der Waals surface area (Å²) >= 11 is 1.58. The Morgan fingerprint density at radius 3 is 2.54 bits per heavy atom. The van der Waals surface area contributed by atoms with Crippen molar-refractivity contribution in [1.29, 1.82) is 0 Å². The Hall–Kier alpha value is -4.00. The molecule has 0 spiro atoms. The van der Waals surface area contributed by atoms with E-state index >= 15 is 0 Å². The SMILES string of the molecule is COc1ccc2c(c1)C=C(C(=O)N1CCCCC1c1nccs1)Cn1c-2c(C2CCCCC2)c2ccc(C(=O)NS(=O)(=O)N(C)C)cc21. The van der Waals surface area contributed by atoms with Gasteiger partial charge in [0.2, 0.25) is 0 Å². The van der Waals surface area contributed by atoms with Crippen LogP contribution in [0.15, 0.2) is 53.5 Å². The van der Waals surface area contributed by atoms with Crippen LogP contribution < -0.4 is 9.46 Å². The van der Waals surface area contributed by atoms with E-state index in [4.69, 9.17) is 4.74 Å². The molecule has 48 heavy (non-hydrogen) atoms. The molecule has 1 unspecified atom stereocenters. The third-order valence-corrected chi connectivity index (χ3v) is 12.3. The van der Waals surface area contributed by atoms with Crippen molar-refractivity contribution in [3.8, 4) is 17.0 Å². The molecular formula is C36H41N5O5S2. The average Bonchev–Trinajstić information content (AvgIpc) is 3.70. The number of carbonyl (C=O) groups is 2. The van der Waals surface area contributed by atoms with E-state index in [-0.39, 0.29) is 17.5 Å². The molecule has 1 saturated carbocycles. The van der Waals surface area contributed by atoms with Crippen LogP contribution in [0.2, 0.25) is 0 Å². The Morgan fingerprint density at radius 2 is 1.81 bits per heavy atom. The number of ether oxygens (including phenoxy) is 1. The second-order valence-corrected chi connectivity index (χ2v) is 15.9. The minimum Gasteiger partial charge on any atom is -0.497 e. The maximum absolute atomic E-state index is 14.7. The number of methoxy groups -OCH3 is 1. The second-order valence-electron chi connectivity index (χ2n) is 13.1. The van der Waals surface area contributed by atoms with Gasteiger partial charge >= 0.3 is 10.2 Å². The van der Waals surface area contributed by atoms with Gasteiger partial charge in [-0.3, -0.25) is 9.59 Å². The number of piperidine rings is 1. The molecule has 1 atom stereocenters. The summed E-state index contributed by atoms with van der Waals surface area (Å²) in [5.41, 5.74) is 5.87. The number of aromatic nitrogens is 2. The first-order valence-electron chi connectivity index (χ1n) is 16.7. The Kier molecular flexibility index (Phi) is 8.90. The highest BCUT2D eigenvalue weighted by Gasteiger charge is 2.35. The van der Waals surface area contributed by atoms with Gasteiger partial charge < -0.3 is 14.2 Å². The summed E-state index contributed by atoms with van der Waals surface area (Å²) in [7, 11) is 0.413. The first-order valence-corrected chi connectivity index (χ1v) is 19.0. The zero-order chi connectivity index (χ0) is 33.6. The minimum atomic E-state index is -3.99. The number of likely N-dealkylation sites (tertiary alicyclic amines) is 1. The van der Waals surface area contributed by atoms with Crippen LogP contribution in [0.5, 0.6) is 5.75 Å². The predicted octanol–water partition coefficient (Wildman–Crippen LogP) is 6.51. The van der Waals surface area contributed by atoms with Gasteiger partial charge in [-0.25, -0.2) is 9.71 Å². The molecular weight excluding hydrogens is 647 g/mol. The Bertz CT molecular complexity index is 2010. The highest BCUT2D eigenvalue weighted by atomic mass is 32.2. The molecule has 2 aromatic carbocycles. The summed E-state index contributed by atoms with van der Waals surface area (Å²) in [5, 5.41) is 3.94. The normalized spacial score (nSPS) is 18.6. The molecule has 0 radical (unpaired) electrons. The molecule has 252 valence electrons. The van der Waals surface area contributed by atoms with E-state index in [1.165, 1.54) is 26.1 Å². The Labute approximate surface area is 285 Å². The standard InChI is InChI=1S/C36H41N5O5S2/c1-39(2)48(44,45)38-34(42)24-12-14-29-31(21-24)41-22-26(36(43)40-17-8-7-11-30(40)35-37-16-18-47-35)19-25-20-27(46-3)13-15-28(25)33(41)32(29)23-9-5-4-6-10-23/h12-16,18-21,23,30H,4-11,17,22H2,1-3H3,(H,38,42). The van der Waals surface area contributed by atoms with Crippen LogP contribution in [0.25, 0.3) is 28.2 Å². The average molecular weight is 688 g/mol. The van der Waals surface area contributed by atoms with Crippen molar-refractivity contribution in [1.82, 2.24) is 23.5 Å². The van der Waals surface area contributed by atoms with Crippen molar-refractivity contribution in [2.75, 3.05) is 27.7 Å². The molecule has 4 aromatic rings. The maximum Gasteiger partial charge on any atom is 0.303 e. The Morgan fingerprint density at radius 1 is 1.02 bits per heavy atom. The van der Waals surface area contributed by atoms with Crippen LogP contribution in [0.4, 0.5) is 0 Å². The molecule has 1 aliphatic carbocycles. The maximum atomic E-state index is 14.7. The molecule has 7 rings (SSSR count). The molecule has 2 aliphatic heterocycles. The number of benzene rings is 2. The summed E-state index contributed by atoms with van der Waals surface area (Å²) < 4.78 is 36.1. The van der Waals surface area contributed by atoms with E-state index in [9.17, 15) is 18.0 Å². The topological polar surface area (TPSA) is 114 Å². The van der Waals surface area contributed by atoms with Crippen molar-refractivity contribution in [3.05, 3.63) is 75.2 Å². The van der Waals surface area contributed by atoms with Crippen LogP contribution in [-0.2, 0) is 21.5 Å². The molecule has 4 heterocycles. The lowest BCUT2D eigenvalue weighted by atomic mass is 9.81. The molecule has 1 N–H and O–H groups in total. The highest BCUT2D eigenvalue weighted by Crippen LogP contribution is 2.47. The smallest absolute Gasteiger partial charge is 0.303 e. The van der Waals surface area contributed by atoms with Gasteiger partial charge in [-0.2, -0.15) is 12.7 Å². The summed E-state index contributed by atoms with van der Waals surface area (Å²) in [6.07, 6.45) is 12.3. The number of amides is 2. The number of fused-ring (bicyclic) bond motifs is 5. The van der Waals surface area contributed by atoms with Gasteiger partial charge in [-0.1, -0.05) is 25.3 Å². The van der Waals surface area contributed by atoms with Gasteiger partial charge in [0, 0.05) is 59.8 Å². The van der Waals surface area contributed by atoms with Crippen LogP contribution in [0, 0.1) is 0 Å². The zero-order valence-corrected chi connectivity index (χ0v) is 29.2. The molecule has 10 nitrogen and oxygen atoms in total. The van der Waals surface area contributed by atoms with E-state index in [2.05, 4.69) is 20.3 Å². The van der Waals surface area contributed by atoms with Crippen LogP contribution in [-0.4, -0.2) is 66.7 Å². The van der Waals surface area contributed by atoms with Crippen molar-refractivity contribution in [3.63, 3.8) is 0 Å². The molecule has 3 aliphatic rings. The van der Waals surface area contributed by atoms with Crippen LogP contribution >= 0.6 is 11.3 Å². The monoisotopic (exact) mass is 687 g/mol. The van der Waals surface area contributed by atoms with Gasteiger partial charge in [0.15, 0.2) is 0 Å². The summed E-state index contributed by atoms with van der Waals surface area (Å²) in [5.74, 6) is 0.296. The van der Waals surface area contributed by atoms with Crippen molar-refractivity contribution >= 4 is 50.3 Å². The van der Waals surface area contributed by atoms with E-state index in [0.29, 0.717) is 30.3 Å².